The highest BCUT2D eigenvalue weighted by atomic mass is 16.3. The number of nitrogens with zero attached hydrogens (tertiary/aromatic N) is 3. The van der Waals surface area contributed by atoms with Crippen molar-refractivity contribution >= 4 is 0 Å². The highest BCUT2D eigenvalue weighted by Gasteiger charge is 2.25. The Morgan fingerprint density at radius 1 is 1.32 bits per heavy atom. The molecule has 5 nitrogen and oxygen atoms in total. The fourth-order valence-corrected chi connectivity index (χ4v) is 1.78. The third-order valence-corrected chi connectivity index (χ3v) is 2.77. The standard InChI is InChI=1S/C14H28N4O/c1-11(2)8-18-12(15-10-17-18)7-14(6,19)9-16-13(3,4)5/h10-11,16,19H,7-9H2,1-6H3. The zero-order valence-corrected chi connectivity index (χ0v) is 13.1. The van der Waals surface area contributed by atoms with Crippen molar-refractivity contribution in [2.24, 2.45) is 5.92 Å². The Morgan fingerprint density at radius 2 is 1.95 bits per heavy atom. The maximum absolute atomic E-state index is 10.5. The van der Waals surface area contributed by atoms with Gasteiger partial charge in [0, 0.05) is 25.0 Å². The van der Waals surface area contributed by atoms with Crippen LogP contribution in [-0.2, 0) is 13.0 Å². The van der Waals surface area contributed by atoms with E-state index < -0.39 is 5.60 Å². The van der Waals surface area contributed by atoms with Gasteiger partial charge in [-0.15, -0.1) is 0 Å². The Labute approximate surface area is 116 Å². The minimum atomic E-state index is -0.824. The molecule has 1 rings (SSSR count). The third kappa shape index (κ3) is 6.16. The molecule has 0 aliphatic rings. The summed E-state index contributed by atoms with van der Waals surface area (Å²) in [6.45, 7) is 13.7. The molecule has 0 aliphatic heterocycles. The molecule has 0 radical (unpaired) electrons. The summed E-state index contributed by atoms with van der Waals surface area (Å²) in [6, 6.07) is 0. The van der Waals surface area contributed by atoms with E-state index in [9.17, 15) is 5.11 Å². The summed E-state index contributed by atoms with van der Waals surface area (Å²) in [4.78, 5) is 4.26. The lowest BCUT2D eigenvalue weighted by atomic mass is 9.99. The molecule has 110 valence electrons. The van der Waals surface area contributed by atoms with E-state index in [-0.39, 0.29) is 5.54 Å². The summed E-state index contributed by atoms with van der Waals surface area (Å²) < 4.78 is 1.89. The van der Waals surface area contributed by atoms with Crippen molar-refractivity contribution in [1.29, 1.82) is 0 Å². The van der Waals surface area contributed by atoms with Crippen molar-refractivity contribution in [2.45, 2.75) is 65.6 Å². The summed E-state index contributed by atoms with van der Waals surface area (Å²) in [5, 5.41) is 18.0. The van der Waals surface area contributed by atoms with Crippen LogP contribution in [0.2, 0.25) is 0 Å². The van der Waals surface area contributed by atoms with Gasteiger partial charge in [0.2, 0.25) is 0 Å². The lowest BCUT2D eigenvalue weighted by Crippen LogP contribution is -2.47. The summed E-state index contributed by atoms with van der Waals surface area (Å²) in [5.74, 6) is 1.35. The molecule has 1 aromatic rings. The van der Waals surface area contributed by atoms with Crippen molar-refractivity contribution in [2.75, 3.05) is 6.54 Å². The van der Waals surface area contributed by atoms with Gasteiger partial charge in [0.15, 0.2) is 0 Å². The maximum Gasteiger partial charge on any atom is 0.138 e. The monoisotopic (exact) mass is 268 g/mol. The Bertz CT molecular complexity index is 390. The lowest BCUT2D eigenvalue weighted by molar-refractivity contribution is 0.0502. The van der Waals surface area contributed by atoms with E-state index in [2.05, 4.69) is 50.0 Å². The van der Waals surface area contributed by atoms with Crippen LogP contribution in [0.25, 0.3) is 0 Å². The molecule has 1 aromatic heterocycles. The molecule has 0 amide bonds. The van der Waals surface area contributed by atoms with Gasteiger partial charge < -0.3 is 10.4 Å². The van der Waals surface area contributed by atoms with Gasteiger partial charge in [-0.3, -0.25) is 0 Å². The van der Waals surface area contributed by atoms with Crippen LogP contribution in [0.15, 0.2) is 6.33 Å². The minimum Gasteiger partial charge on any atom is -0.388 e. The van der Waals surface area contributed by atoms with Crippen LogP contribution < -0.4 is 5.32 Å². The van der Waals surface area contributed by atoms with Gasteiger partial charge in [0.1, 0.15) is 12.2 Å². The van der Waals surface area contributed by atoms with Crippen LogP contribution in [-0.4, -0.2) is 37.6 Å². The van der Waals surface area contributed by atoms with Gasteiger partial charge in [0.05, 0.1) is 5.60 Å². The average molecular weight is 268 g/mol. The zero-order chi connectivity index (χ0) is 14.7. The molecule has 0 fully saturated rings. The number of hydrogen-bond acceptors (Lipinski definition) is 4. The molecule has 0 saturated carbocycles. The van der Waals surface area contributed by atoms with Crippen molar-refractivity contribution in [3.05, 3.63) is 12.2 Å². The molecule has 19 heavy (non-hydrogen) atoms. The molecule has 0 aromatic carbocycles. The smallest absolute Gasteiger partial charge is 0.138 e. The maximum atomic E-state index is 10.5. The zero-order valence-electron chi connectivity index (χ0n) is 13.1. The molecule has 1 unspecified atom stereocenters. The van der Waals surface area contributed by atoms with Gasteiger partial charge in [-0.05, 0) is 33.6 Å². The Hall–Kier alpha value is -0.940. The second-order valence-electron chi connectivity index (χ2n) is 7.03. The number of β-amino-alcohol motifs (C(OH)–C–C–N with tert-alkyl or cyclic N) is 1. The van der Waals surface area contributed by atoms with E-state index in [4.69, 9.17) is 0 Å². The summed E-state index contributed by atoms with van der Waals surface area (Å²) in [6.07, 6.45) is 2.06. The van der Waals surface area contributed by atoms with Crippen LogP contribution >= 0.6 is 0 Å². The number of hydrogen-bond donors (Lipinski definition) is 2. The number of nitrogens with one attached hydrogen (secondary N) is 1. The molecule has 1 heterocycles. The number of rotatable bonds is 6. The van der Waals surface area contributed by atoms with Gasteiger partial charge in [0.25, 0.3) is 0 Å². The van der Waals surface area contributed by atoms with Gasteiger partial charge in [-0.25, -0.2) is 9.67 Å². The van der Waals surface area contributed by atoms with Crippen LogP contribution in [0, 0.1) is 5.92 Å². The highest BCUT2D eigenvalue weighted by Crippen LogP contribution is 2.13. The topological polar surface area (TPSA) is 63.0 Å². The van der Waals surface area contributed by atoms with E-state index in [1.807, 2.05) is 11.6 Å². The first-order chi connectivity index (χ1) is 8.59. The molecule has 0 saturated heterocycles. The van der Waals surface area contributed by atoms with Crippen LogP contribution in [0.1, 0.15) is 47.4 Å². The van der Waals surface area contributed by atoms with Crippen LogP contribution in [0.4, 0.5) is 0 Å². The van der Waals surface area contributed by atoms with Crippen LogP contribution in [0.3, 0.4) is 0 Å². The van der Waals surface area contributed by atoms with Crippen molar-refractivity contribution in [1.82, 2.24) is 20.1 Å². The molecule has 0 aliphatic carbocycles. The summed E-state index contributed by atoms with van der Waals surface area (Å²) >= 11 is 0. The summed E-state index contributed by atoms with van der Waals surface area (Å²) in [7, 11) is 0. The minimum absolute atomic E-state index is 0.00437. The second-order valence-corrected chi connectivity index (χ2v) is 7.03. The largest absolute Gasteiger partial charge is 0.388 e. The van der Waals surface area contributed by atoms with E-state index in [1.165, 1.54) is 0 Å². The van der Waals surface area contributed by atoms with Crippen molar-refractivity contribution < 1.29 is 5.11 Å². The molecular weight excluding hydrogens is 240 g/mol. The predicted molar refractivity (Wildman–Crippen MR) is 76.9 cm³/mol. The molecule has 0 spiro atoms. The molecule has 1 atom stereocenters. The summed E-state index contributed by atoms with van der Waals surface area (Å²) in [5.41, 5.74) is -0.829. The van der Waals surface area contributed by atoms with E-state index in [1.54, 1.807) is 6.33 Å². The fourth-order valence-electron chi connectivity index (χ4n) is 1.78. The van der Waals surface area contributed by atoms with E-state index in [0.29, 0.717) is 18.9 Å². The number of aliphatic hydroxyl groups is 1. The van der Waals surface area contributed by atoms with Gasteiger partial charge >= 0.3 is 0 Å². The SMILES string of the molecule is CC(C)Cn1ncnc1CC(C)(O)CNC(C)(C)C. The third-order valence-electron chi connectivity index (χ3n) is 2.77. The molecule has 2 N–H and O–H groups in total. The van der Waals surface area contributed by atoms with E-state index in [0.717, 1.165) is 12.4 Å². The molecular formula is C14H28N4O. The average Bonchev–Trinajstić information content (AvgIpc) is 2.60. The van der Waals surface area contributed by atoms with Gasteiger partial charge in [-0.1, -0.05) is 13.8 Å². The highest BCUT2D eigenvalue weighted by molar-refractivity contribution is 4.95. The first kappa shape index (κ1) is 16.1. The Morgan fingerprint density at radius 3 is 2.47 bits per heavy atom. The van der Waals surface area contributed by atoms with Crippen molar-refractivity contribution in [3.8, 4) is 0 Å². The first-order valence-electron chi connectivity index (χ1n) is 6.93. The number of aromatic nitrogens is 3. The second kappa shape index (κ2) is 6.01. The van der Waals surface area contributed by atoms with Crippen LogP contribution in [0.5, 0.6) is 0 Å². The Kier molecular flexibility index (Phi) is 5.10. The predicted octanol–water partition coefficient (Wildman–Crippen LogP) is 1.62. The first-order valence-corrected chi connectivity index (χ1v) is 6.93. The van der Waals surface area contributed by atoms with E-state index >= 15 is 0 Å². The quantitative estimate of drug-likeness (QED) is 0.823. The Balaban J connectivity index is 2.64. The molecule has 0 bridgehead atoms. The normalized spacial score (nSPS) is 15.8. The lowest BCUT2D eigenvalue weighted by Gasteiger charge is -2.29. The fraction of sp³-hybridized carbons (Fsp3) is 0.857. The molecule has 5 heteroatoms. The van der Waals surface area contributed by atoms with Gasteiger partial charge in [-0.2, -0.15) is 5.10 Å². The van der Waals surface area contributed by atoms with Crippen molar-refractivity contribution in [3.63, 3.8) is 0 Å².